The van der Waals surface area contributed by atoms with Gasteiger partial charge in [0.05, 0.1) is 6.61 Å². The van der Waals surface area contributed by atoms with Gasteiger partial charge < -0.3 is 15.4 Å². The average molecular weight is 355 g/mol. The van der Waals surface area contributed by atoms with Crippen LogP contribution >= 0.6 is 12.4 Å². The van der Waals surface area contributed by atoms with E-state index in [2.05, 4.69) is 20.8 Å². The van der Waals surface area contributed by atoms with Crippen molar-refractivity contribution in [3.63, 3.8) is 0 Å². The van der Waals surface area contributed by atoms with Gasteiger partial charge in [-0.2, -0.15) is 0 Å². The fraction of sp³-hybridized carbons (Fsp3) is 0.632. The number of rotatable bonds is 6. The molecule has 1 saturated heterocycles. The molecule has 1 aromatic rings. The number of carbonyl (C=O) groups excluding carboxylic acids is 1. The van der Waals surface area contributed by atoms with Crippen LogP contribution in [0.2, 0.25) is 0 Å². The standard InChI is InChI=1S/C19H30N2O2.ClH/c1-14(2)10-13-23-18-6-4-17(5-7-18)19(22)21-11-8-16(9-12-21)15(3)20;/h4-7,14-16H,8-13,20H2,1-3H3;1H. The van der Waals surface area contributed by atoms with E-state index >= 15 is 0 Å². The van der Waals surface area contributed by atoms with Gasteiger partial charge in [-0.05, 0) is 62.3 Å². The zero-order valence-corrected chi connectivity index (χ0v) is 15.8. The van der Waals surface area contributed by atoms with Crippen LogP contribution in [0.15, 0.2) is 24.3 Å². The Hall–Kier alpha value is -1.26. The van der Waals surface area contributed by atoms with E-state index in [0.29, 0.717) is 11.8 Å². The quantitative estimate of drug-likeness (QED) is 0.846. The highest BCUT2D eigenvalue weighted by Crippen LogP contribution is 2.22. The van der Waals surface area contributed by atoms with E-state index in [1.807, 2.05) is 29.2 Å². The highest BCUT2D eigenvalue weighted by Gasteiger charge is 2.25. The lowest BCUT2D eigenvalue weighted by Crippen LogP contribution is -2.42. The molecule has 1 heterocycles. The maximum atomic E-state index is 12.5. The van der Waals surface area contributed by atoms with Crippen LogP contribution < -0.4 is 10.5 Å². The van der Waals surface area contributed by atoms with E-state index in [1.54, 1.807) is 0 Å². The Balaban J connectivity index is 0.00000288. The summed E-state index contributed by atoms with van der Waals surface area (Å²) in [7, 11) is 0. The van der Waals surface area contributed by atoms with Crippen molar-refractivity contribution in [2.24, 2.45) is 17.6 Å². The van der Waals surface area contributed by atoms with Gasteiger partial charge >= 0.3 is 0 Å². The lowest BCUT2D eigenvalue weighted by atomic mass is 9.90. The van der Waals surface area contributed by atoms with Gasteiger partial charge in [0.25, 0.3) is 5.91 Å². The average Bonchev–Trinajstić information content (AvgIpc) is 2.54. The smallest absolute Gasteiger partial charge is 0.253 e. The summed E-state index contributed by atoms with van der Waals surface area (Å²) in [5, 5.41) is 0. The third-order valence-electron chi connectivity index (χ3n) is 4.64. The molecule has 0 aliphatic carbocycles. The Kier molecular flexibility index (Phi) is 8.57. The highest BCUT2D eigenvalue weighted by atomic mass is 35.5. The zero-order chi connectivity index (χ0) is 16.8. The molecule has 2 rings (SSSR count). The van der Waals surface area contributed by atoms with Crippen molar-refractivity contribution in [3.8, 4) is 5.75 Å². The topological polar surface area (TPSA) is 55.6 Å². The molecule has 0 saturated carbocycles. The Bertz CT molecular complexity index is 495. The molecule has 1 aliphatic heterocycles. The number of amides is 1. The van der Waals surface area contributed by atoms with Gasteiger partial charge in [0.1, 0.15) is 5.75 Å². The van der Waals surface area contributed by atoms with Crippen LogP contribution in [0.5, 0.6) is 5.75 Å². The van der Waals surface area contributed by atoms with E-state index < -0.39 is 0 Å². The highest BCUT2D eigenvalue weighted by molar-refractivity contribution is 5.94. The van der Waals surface area contributed by atoms with Crippen molar-refractivity contribution in [1.29, 1.82) is 0 Å². The third-order valence-corrected chi connectivity index (χ3v) is 4.64. The minimum absolute atomic E-state index is 0. The largest absolute Gasteiger partial charge is 0.494 e. The summed E-state index contributed by atoms with van der Waals surface area (Å²) in [5.74, 6) is 2.12. The van der Waals surface area contributed by atoms with E-state index in [0.717, 1.165) is 50.3 Å². The Labute approximate surface area is 152 Å². The molecule has 2 N–H and O–H groups in total. The molecular formula is C19H31ClN2O2. The normalized spacial score (nSPS) is 16.6. The molecule has 1 aliphatic rings. The Morgan fingerprint density at radius 2 is 1.79 bits per heavy atom. The maximum Gasteiger partial charge on any atom is 0.253 e. The van der Waals surface area contributed by atoms with Crippen LogP contribution in [-0.4, -0.2) is 36.5 Å². The molecule has 1 aromatic carbocycles. The molecule has 4 nitrogen and oxygen atoms in total. The van der Waals surface area contributed by atoms with Gasteiger partial charge in [-0.15, -0.1) is 12.4 Å². The molecule has 0 radical (unpaired) electrons. The predicted octanol–water partition coefficient (Wildman–Crippen LogP) is 3.73. The number of benzene rings is 1. The number of piperidine rings is 1. The summed E-state index contributed by atoms with van der Waals surface area (Å²) in [6.07, 6.45) is 3.04. The van der Waals surface area contributed by atoms with E-state index in [9.17, 15) is 4.79 Å². The molecule has 1 amide bonds. The van der Waals surface area contributed by atoms with Crippen LogP contribution in [-0.2, 0) is 0 Å². The summed E-state index contributed by atoms with van der Waals surface area (Å²) in [4.78, 5) is 14.5. The van der Waals surface area contributed by atoms with Crippen LogP contribution in [0.25, 0.3) is 0 Å². The van der Waals surface area contributed by atoms with Crippen LogP contribution in [0.1, 0.15) is 50.4 Å². The molecule has 1 fully saturated rings. The number of nitrogens with two attached hydrogens (primary N) is 1. The number of hydrogen-bond acceptors (Lipinski definition) is 3. The number of likely N-dealkylation sites (tertiary alicyclic amines) is 1. The molecule has 24 heavy (non-hydrogen) atoms. The van der Waals surface area contributed by atoms with Crippen LogP contribution in [0.3, 0.4) is 0 Å². The summed E-state index contributed by atoms with van der Waals surface area (Å²) < 4.78 is 5.70. The van der Waals surface area contributed by atoms with Crippen LogP contribution in [0, 0.1) is 11.8 Å². The minimum Gasteiger partial charge on any atom is -0.494 e. The number of nitrogens with zero attached hydrogens (tertiary/aromatic N) is 1. The predicted molar refractivity (Wildman–Crippen MR) is 101 cm³/mol. The monoisotopic (exact) mass is 354 g/mol. The molecule has 0 spiro atoms. The minimum atomic E-state index is 0. The van der Waals surface area contributed by atoms with Crippen molar-refractivity contribution >= 4 is 18.3 Å². The first-order valence-corrected chi connectivity index (χ1v) is 8.75. The fourth-order valence-electron chi connectivity index (χ4n) is 2.92. The second-order valence-corrected chi connectivity index (χ2v) is 7.04. The second-order valence-electron chi connectivity index (χ2n) is 7.04. The lowest BCUT2D eigenvalue weighted by Gasteiger charge is -2.33. The number of carbonyl (C=O) groups is 1. The van der Waals surface area contributed by atoms with Crippen molar-refractivity contribution in [2.75, 3.05) is 19.7 Å². The summed E-state index contributed by atoms with van der Waals surface area (Å²) in [6, 6.07) is 7.73. The molecular weight excluding hydrogens is 324 g/mol. The van der Waals surface area contributed by atoms with Gasteiger partial charge in [0.2, 0.25) is 0 Å². The van der Waals surface area contributed by atoms with Gasteiger partial charge in [0.15, 0.2) is 0 Å². The van der Waals surface area contributed by atoms with Crippen molar-refractivity contribution in [1.82, 2.24) is 4.90 Å². The molecule has 5 heteroatoms. The van der Waals surface area contributed by atoms with E-state index in [4.69, 9.17) is 10.5 Å². The zero-order valence-electron chi connectivity index (χ0n) is 15.0. The van der Waals surface area contributed by atoms with Crippen molar-refractivity contribution in [3.05, 3.63) is 29.8 Å². The molecule has 0 bridgehead atoms. The third kappa shape index (κ3) is 5.99. The summed E-state index contributed by atoms with van der Waals surface area (Å²) in [5.41, 5.74) is 6.69. The van der Waals surface area contributed by atoms with E-state index in [1.165, 1.54) is 0 Å². The van der Waals surface area contributed by atoms with Crippen LogP contribution in [0.4, 0.5) is 0 Å². The Morgan fingerprint density at radius 3 is 2.29 bits per heavy atom. The first-order valence-electron chi connectivity index (χ1n) is 8.75. The van der Waals surface area contributed by atoms with Crippen molar-refractivity contribution < 1.29 is 9.53 Å². The fourth-order valence-corrected chi connectivity index (χ4v) is 2.92. The van der Waals surface area contributed by atoms with E-state index in [-0.39, 0.29) is 24.4 Å². The van der Waals surface area contributed by atoms with Crippen molar-refractivity contribution in [2.45, 2.75) is 46.1 Å². The number of hydrogen-bond donors (Lipinski definition) is 1. The SMILES string of the molecule is CC(C)CCOc1ccc(C(=O)N2CCC(C(C)N)CC2)cc1.Cl. The van der Waals surface area contributed by atoms with Gasteiger partial charge in [-0.3, -0.25) is 4.79 Å². The molecule has 1 unspecified atom stereocenters. The van der Waals surface area contributed by atoms with Gasteiger partial charge in [-0.25, -0.2) is 0 Å². The first kappa shape index (κ1) is 20.8. The summed E-state index contributed by atoms with van der Waals surface area (Å²) in [6.45, 7) is 8.74. The lowest BCUT2D eigenvalue weighted by molar-refractivity contribution is 0.0681. The molecule has 136 valence electrons. The maximum absolute atomic E-state index is 12.5. The summed E-state index contributed by atoms with van der Waals surface area (Å²) >= 11 is 0. The number of ether oxygens (including phenoxy) is 1. The second kappa shape index (κ2) is 9.90. The number of halogens is 1. The molecule has 1 atom stereocenters. The van der Waals surface area contributed by atoms with Gasteiger partial charge in [0, 0.05) is 24.7 Å². The Morgan fingerprint density at radius 1 is 1.21 bits per heavy atom. The molecule has 0 aromatic heterocycles. The van der Waals surface area contributed by atoms with Gasteiger partial charge in [-0.1, -0.05) is 13.8 Å². The first-order chi connectivity index (χ1) is 11.0.